The van der Waals surface area contributed by atoms with Gasteiger partial charge in [0, 0.05) is 6.54 Å². The molecule has 4 rings (SSSR count). The lowest BCUT2D eigenvalue weighted by atomic mass is 10.2. The van der Waals surface area contributed by atoms with Crippen molar-refractivity contribution in [1.82, 2.24) is 25.0 Å². The van der Waals surface area contributed by atoms with Crippen molar-refractivity contribution in [2.75, 3.05) is 25.4 Å². The molecule has 1 aromatic heterocycles. The van der Waals surface area contributed by atoms with Crippen LogP contribution >= 0.6 is 11.8 Å². The molecule has 1 aromatic carbocycles. The molecule has 2 aliphatic rings. The summed E-state index contributed by atoms with van der Waals surface area (Å²) in [5, 5.41) is 12.7. The number of thioether (sulfide) groups is 1. The summed E-state index contributed by atoms with van der Waals surface area (Å²) in [4.78, 5) is 14.5. The van der Waals surface area contributed by atoms with Crippen LogP contribution in [0, 0.1) is 5.92 Å². The first-order valence-corrected chi connectivity index (χ1v) is 10.8. The number of likely N-dealkylation sites (tertiary alicyclic amines) is 1. The molecule has 1 saturated carbocycles. The van der Waals surface area contributed by atoms with Crippen molar-refractivity contribution in [3.05, 3.63) is 41.7 Å². The molecule has 0 atom stereocenters. The van der Waals surface area contributed by atoms with Crippen LogP contribution in [0.25, 0.3) is 0 Å². The van der Waals surface area contributed by atoms with Gasteiger partial charge in [-0.25, -0.2) is 0 Å². The highest BCUT2D eigenvalue weighted by Gasteiger charge is 2.22. The lowest BCUT2D eigenvalue weighted by Gasteiger charge is -2.16. The number of nitrogens with zero attached hydrogens (tertiary/aromatic N) is 4. The first kappa shape index (κ1) is 18.5. The smallest absolute Gasteiger partial charge is 0.230 e. The van der Waals surface area contributed by atoms with Gasteiger partial charge in [0.25, 0.3) is 0 Å². The molecule has 2 aromatic rings. The van der Waals surface area contributed by atoms with Crippen molar-refractivity contribution in [2.45, 2.75) is 43.9 Å². The summed E-state index contributed by atoms with van der Waals surface area (Å²) < 4.78 is 2.17. The molecule has 1 saturated heterocycles. The molecule has 1 aliphatic carbocycles. The number of aromatic nitrogens is 3. The predicted molar refractivity (Wildman–Crippen MR) is 107 cm³/mol. The van der Waals surface area contributed by atoms with Crippen molar-refractivity contribution in [1.29, 1.82) is 0 Å². The SMILES string of the molecule is O=C(CSc1nnc(CN2CCCC2)n1Cc1ccccc1)NCC1CC1. The van der Waals surface area contributed by atoms with Gasteiger partial charge in [0.2, 0.25) is 5.91 Å². The molecule has 0 spiro atoms. The largest absolute Gasteiger partial charge is 0.355 e. The Hall–Kier alpha value is -1.86. The maximum Gasteiger partial charge on any atom is 0.230 e. The monoisotopic (exact) mass is 385 g/mol. The normalized spacial score (nSPS) is 17.3. The van der Waals surface area contributed by atoms with Crippen molar-refractivity contribution in [3.8, 4) is 0 Å². The Morgan fingerprint density at radius 1 is 1.11 bits per heavy atom. The number of hydrogen-bond donors (Lipinski definition) is 1. The van der Waals surface area contributed by atoms with Gasteiger partial charge in [0.15, 0.2) is 5.16 Å². The Labute approximate surface area is 164 Å². The highest BCUT2D eigenvalue weighted by molar-refractivity contribution is 7.99. The topological polar surface area (TPSA) is 63.1 Å². The number of amides is 1. The Morgan fingerprint density at radius 2 is 1.89 bits per heavy atom. The van der Waals surface area contributed by atoms with Gasteiger partial charge in [-0.3, -0.25) is 9.69 Å². The molecular weight excluding hydrogens is 358 g/mol. The third-order valence-corrected chi connectivity index (χ3v) is 6.12. The minimum Gasteiger partial charge on any atom is -0.355 e. The molecule has 2 fully saturated rings. The van der Waals surface area contributed by atoms with E-state index in [1.165, 1.54) is 43.0 Å². The van der Waals surface area contributed by atoms with Crippen LogP contribution in [0.5, 0.6) is 0 Å². The minimum atomic E-state index is 0.0854. The van der Waals surface area contributed by atoms with Crippen LogP contribution in [0.4, 0.5) is 0 Å². The summed E-state index contributed by atoms with van der Waals surface area (Å²) in [6, 6.07) is 10.4. The van der Waals surface area contributed by atoms with Gasteiger partial charge < -0.3 is 9.88 Å². The number of hydrogen-bond acceptors (Lipinski definition) is 5. The molecule has 0 bridgehead atoms. The highest BCUT2D eigenvalue weighted by Crippen LogP contribution is 2.27. The average Bonchev–Trinajstić information content (AvgIpc) is 3.25. The van der Waals surface area contributed by atoms with Gasteiger partial charge in [-0.15, -0.1) is 10.2 Å². The van der Waals surface area contributed by atoms with Crippen molar-refractivity contribution in [3.63, 3.8) is 0 Å². The first-order valence-electron chi connectivity index (χ1n) is 9.86. The molecule has 2 heterocycles. The Morgan fingerprint density at radius 3 is 2.63 bits per heavy atom. The maximum atomic E-state index is 12.1. The van der Waals surface area contributed by atoms with Gasteiger partial charge in [-0.1, -0.05) is 42.1 Å². The number of nitrogens with one attached hydrogen (secondary N) is 1. The number of carbonyl (C=O) groups is 1. The van der Waals surface area contributed by atoms with Gasteiger partial charge in [-0.05, 0) is 50.3 Å². The fraction of sp³-hybridized carbons (Fsp3) is 0.550. The standard InChI is InChI=1S/C20H27N5OS/c26-19(21-12-16-8-9-16)15-27-20-23-22-18(14-24-10-4-5-11-24)25(20)13-17-6-2-1-3-7-17/h1-3,6-7,16H,4-5,8-15H2,(H,21,26). The van der Waals surface area contributed by atoms with E-state index in [4.69, 9.17) is 0 Å². The Bertz CT molecular complexity index is 753. The zero-order chi connectivity index (χ0) is 18.5. The molecule has 6 nitrogen and oxygen atoms in total. The van der Waals surface area contributed by atoms with Gasteiger partial charge >= 0.3 is 0 Å². The van der Waals surface area contributed by atoms with Crippen LogP contribution in [0.15, 0.2) is 35.5 Å². The molecule has 1 N–H and O–H groups in total. The number of rotatable bonds is 9. The Kier molecular flexibility index (Phi) is 6.09. The van der Waals surface area contributed by atoms with E-state index in [0.29, 0.717) is 11.7 Å². The number of carbonyl (C=O) groups excluding carboxylic acids is 1. The Balaban J connectivity index is 1.43. The second-order valence-electron chi connectivity index (χ2n) is 7.49. The summed E-state index contributed by atoms with van der Waals surface area (Å²) >= 11 is 1.48. The second-order valence-corrected chi connectivity index (χ2v) is 8.43. The van der Waals surface area contributed by atoms with E-state index in [1.54, 1.807) is 0 Å². The van der Waals surface area contributed by atoms with Crippen LogP contribution in [-0.4, -0.2) is 51.0 Å². The van der Waals surface area contributed by atoms with Crippen LogP contribution in [0.1, 0.15) is 37.1 Å². The van der Waals surface area contributed by atoms with E-state index in [1.807, 2.05) is 6.07 Å². The average molecular weight is 386 g/mol. The summed E-state index contributed by atoms with van der Waals surface area (Å²) in [6.07, 6.45) is 5.02. The maximum absolute atomic E-state index is 12.1. The van der Waals surface area contributed by atoms with E-state index >= 15 is 0 Å². The van der Waals surface area contributed by atoms with E-state index in [9.17, 15) is 4.79 Å². The lowest BCUT2D eigenvalue weighted by Crippen LogP contribution is -2.27. The summed E-state index contributed by atoms with van der Waals surface area (Å²) in [6.45, 7) is 4.64. The summed E-state index contributed by atoms with van der Waals surface area (Å²) in [5.74, 6) is 2.17. The molecule has 0 unspecified atom stereocenters. The van der Waals surface area contributed by atoms with Gasteiger partial charge in [0.05, 0.1) is 18.8 Å². The summed E-state index contributed by atoms with van der Waals surface area (Å²) in [5.41, 5.74) is 1.22. The molecule has 7 heteroatoms. The molecular formula is C20H27N5OS. The van der Waals surface area contributed by atoms with Crippen molar-refractivity contribution in [2.24, 2.45) is 5.92 Å². The van der Waals surface area contributed by atoms with Crippen LogP contribution in [0.3, 0.4) is 0 Å². The van der Waals surface area contributed by atoms with E-state index in [0.717, 1.165) is 43.7 Å². The zero-order valence-electron chi connectivity index (χ0n) is 15.6. The molecule has 144 valence electrons. The van der Waals surface area contributed by atoms with Crippen LogP contribution in [0.2, 0.25) is 0 Å². The predicted octanol–water partition coefficient (Wildman–Crippen LogP) is 2.54. The lowest BCUT2D eigenvalue weighted by molar-refractivity contribution is -0.118. The minimum absolute atomic E-state index is 0.0854. The van der Waals surface area contributed by atoms with Gasteiger partial charge in [0.1, 0.15) is 5.82 Å². The quantitative estimate of drug-likeness (QED) is 0.672. The van der Waals surface area contributed by atoms with Crippen LogP contribution < -0.4 is 5.32 Å². The first-order chi connectivity index (χ1) is 13.3. The molecule has 0 radical (unpaired) electrons. The van der Waals surface area contributed by atoms with Crippen molar-refractivity contribution >= 4 is 17.7 Å². The molecule has 27 heavy (non-hydrogen) atoms. The molecule has 1 amide bonds. The highest BCUT2D eigenvalue weighted by atomic mass is 32.2. The molecule has 1 aliphatic heterocycles. The van der Waals surface area contributed by atoms with Gasteiger partial charge in [-0.2, -0.15) is 0 Å². The van der Waals surface area contributed by atoms with E-state index < -0.39 is 0 Å². The summed E-state index contributed by atoms with van der Waals surface area (Å²) in [7, 11) is 0. The third-order valence-electron chi connectivity index (χ3n) is 5.16. The second kappa shape index (κ2) is 8.89. The third kappa shape index (κ3) is 5.32. The fourth-order valence-corrected chi connectivity index (χ4v) is 4.16. The van der Waals surface area contributed by atoms with Crippen LogP contribution in [-0.2, 0) is 17.9 Å². The van der Waals surface area contributed by atoms with Crippen molar-refractivity contribution < 1.29 is 4.79 Å². The van der Waals surface area contributed by atoms with E-state index in [2.05, 4.69) is 49.2 Å². The fourth-order valence-electron chi connectivity index (χ4n) is 3.37. The number of benzene rings is 1. The zero-order valence-corrected chi connectivity index (χ0v) is 16.5. The van der Waals surface area contributed by atoms with E-state index in [-0.39, 0.29) is 5.91 Å².